The Morgan fingerprint density at radius 2 is 1.93 bits per heavy atom. The highest BCUT2D eigenvalue weighted by Crippen LogP contribution is 2.18. The minimum absolute atomic E-state index is 0.126. The molecule has 0 aliphatic heterocycles. The number of amides is 1. The van der Waals surface area contributed by atoms with E-state index < -0.39 is 11.7 Å². The highest BCUT2D eigenvalue weighted by molar-refractivity contribution is 6.43. The lowest BCUT2D eigenvalue weighted by atomic mass is 10.0. The molecular weight excluding hydrogens is 358 g/mol. The van der Waals surface area contributed by atoms with Crippen LogP contribution in [0.3, 0.4) is 0 Å². The van der Waals surface area contributed by atoms with E-state index in [1.807, 2.05) is 30.3 Å². The number of carbonyl (C=O) groups excluding carboxylic acids is 2. The van der Waals surface area contributed by atoms with Crippen LogP contribution >= 0.6 is 0 Å². The normalized spacial score (nSPS) is 12.0. The predicted octanol–water partition coefficient (Wildman–Crippen LogP) is 2.23. The second-order valence-corrected chi connectivity index (χ2v) is 6.66. The summed E-state index contributed by atoms with van der Waals surface area (Å²) in [6, 6.07) is 13.0. The van der Waals surface area contributed by atoms with Gasteiger partial charge in [0.25, 0.3) is 11.7 Å². The third-order valence-corrected chi connectivity index (χ3v) is 4.60. The van der Waals surface area contributed by atoms with Crippen molar-refractivity contribution < 1.29 is 19.1 Å². The summed E-state index contributed by atoms with van der Waals surface area (Å²) in [4.78, 5) is 25.1. The first kappa shape index (κ1) is 19.6. The number of para-hydroxylation sites is 1. The first-order valence-electron chi connectivity index (χ1n) is 9.08. The van der Waals surface area contributed by atoms with E-state index >= 15 is 0 Å². The molecule has 0 unspecified atom stereocenters. The van der Waals surface area contributed by atoms with Crippen molar-refractivity contribution in [1.29, 1.82) is 0 Å². The number of rotatable bonds is 8. The first-order chi connectivity index (χ1) is 13.5. The maximum absolute atomic E-state index is 12.7. The summed E-state index contributed by atoms with van der Waals surface area (Å²) in [6.45, 7) is 3.52. The molecule has 3 rings (SSSR count). The van der Waals surface area contributed by atoms with Crippen LogP contribution in [0.1, 0.15) is 27.5 Å². The molecule has 0 radical (unpaired) electrons. The zero-order valence-electron chi connectivity index (χ0n) is 15.9. The fraction of sp³-hybridized carbons (Fsp3) is 0.286. The van der Waals surface area contributed by atoms with E-state index in [4.69, 9.17) is 4.42 Å². The van der Waals surface area contributed by atoms with Crippen molar-refractivity contribution in [2.75, 3.05) is 13.2 Å². The van der Waals surface area contributed by atoms with Crippen LogP contribution in [0, 0.1) is 19.8 Å². The van der Waals surface area contributed by atoms with Gasteiger partial charge in [-0.3, -0.25) is 9.59 Å². The van der Waals surface area contributed by atoms with Gasteiger partial charge in [0.15, 0.2) is 0 Å². The second kappa shape index (κ2) is 8.67. The second-order valence-electron chi connectivity index (χ2n) is 6.66. The van der Waals surface area contributed by atoms with E-state index in [2.05, 4.69) is 10.4 Å². The maximum atomic E-state index is 12.7. The molecule has 1 atom stereocenters. The smallest absolute Gasteiger partial charge is 0.292 e. The van der Waals surface area contributed by atoms with Crippen LogP contribution in [-0.2, 0) is 11.2 Å². The molecule has 2 heterocycles. The molecule has 0 saturated heterocycles. The summed E-state index contributed by atoms with van der Waals surface area (Å²) < 4.78 is 6.92. The molecule has 7 nitrogen and oxygen atoms in total. The SMILES string of the molecule is Cc1nn(-c2ccccc2)c(C)c1C(=O)C(=O)NC[C@H](CO)Cc1ccco1. The minimum Gasteiger partial charge on any atom is -0.469 e. The van der Waals surface area contributed by atoms with Gasteiger partial charge >= 0.3 is 0 Å². The molecule has 1 aromatic carbocycles. The number of hydrogen-bond acceptors (Lipinski definition) is 5. The molecule has 28 heavy (non-hydrogen) atoms. The number of aliphatic hydroxyl groups excluding tert-OH is 1. The van der Waals surface area contributed by atoms with Gasteiger partial charge in [-0.2, -0.15) is 5.10 Å². The summed E-state index contributed by atoms with van der Waals surface area (Å²) in [5.41, 5.74) is 2.23. The molecule has 0 spiro atoms. The quantitative estimate of drug-likeness (QED) is 0.461. The number of aromatic nitrogens is 2. The number of nitrogens with zero attached hydrogens (tertiary/aromatic N) is 2. The number of aliphatic hydroxyl groups is 1. The van der Waals surface area contributed by atoms with Gasteiger partial charge in [-0.15, -0.1) is 0 Å². The number of aryl methyl sites for hydroxylation is 1. The lowest BCUT2D eigenvalue weighted by Crippen LogP contribution is -2.36. The Balaban J connectivity index is 1.69. The van der Waals surface area contributed by atoms with Gasteiger partial charge in [-0.25, -0.2) is 4.68 Å². The monoisotopic (exact) mass is 381 g/mol. The molecule has 0 aliphatic carbocycles. The van der Waals surface area contributed by atoms with Gasteiger partial charge in [-0.05, 0) is 38.1 Å². The number of ketones is 1. The highest BCUT2D eigenvalue weighted by Gasteiger charge is 2.25. The van der Waals surface area contributed by atoms with Crippen molar-refractivity contribution in [2.24, 2.45) is 5.92 Å². The lowest BCUT2D eigenvalue weighted by Gasteiger charge is -2.13. The van der Waals surface area contributed by atoms with Crippen molar-refractivity contribution in [2.45, 2.75) is 20.3 Å². The van der Waals surface area contributed by atoms with Crippen LogP contribution in [0.25, 0.3) is 5.69 Å². The van der Waals surface area contributed by atoms with E-state index in [-0.39, 0.29) is 19.1 Å². The number of Topliss-reactive ketones (excluding diaryl/α,β-unsaturated/α-hetero) is 1. The number of nitrogens with one attached hydrogen (secondary N) is 1. The average Bonchev–Trinajstić information content (AvgIpc) is 3.32. The first-order valence-corrected chi connectivity index (χ1v) is 9.08. The summed E-state index contributed by atoms with van der Waals surface area (Å²) >= 11 is 0. The van der Waals surface area contributed by atoms with Gasteiger partial charge in [0, 0.05) is 25.5 Å². The summed E-state index contributed by atoms with van der Waals surface area (Å²) in [6.07, 6.45) is 2.03. The van der Waals surface area contributed by atoms with Crippen molar-refractivity contribution >= 4 is 11.7 Å². The number of furan rings is 1. The van der Waals surface area contributed by atoms with Crippen LogP contribution in [0.5, 0.6) is 0 Å². The van der Waals surface area contributed by atoms with Gasteiger partial charge in [-0.1, -0.05) is 18.2 Å². The number of carbonyl (C=O) groups is 2. The van der Waals surface area contributed by atoms with E-state index in [1.54, 1.807) is 36.9 Å². The Bertz CT molecular complexity index is 946. The molecule has 2 aromatic heterocycles. The standard InChI is InChI=1S/C21H23N3O4/c1-14-19(15(2)24(23-14)17-7-4-3-5-8-17)20(26)21(27)22-12-16(13-25)11-18-9-6-10-28-18/h3-10,16,25H,11-13H2,1-2H3,(H,22,27)/t16-/m1/s1. The molecule has 3 aromatic rings. The summed E-state index contributed by atoms with van der Waals surface area (Å²) in [5, 5.41) is 16.5. The largest absolute Gasteiger partial charge is 0.469 e. The van der Waals surface area contributed by atoms with Crippen LogP contribution in [0.4, 0.5) is 0 Å². The fourth-order valence-corrected chi connectivity index (χ4v) is 3.14. The topological polar surface area (TPSA) is 97.4 Å². The fourth-order valence-electron chi connectivity index (χ4n) is 3.14. The molecule has 0 bridgehead atoms. The van der Waals surface area contributed by atoms with Crippen molar-refractivity contribution in [1.82, 2.24) is 15.1 Å². The minimum atomic E-state index is -0.711. The Morgan fingerprint density at radius 1 is 1.18 bits per heavy atom. The van der Waals surface area contributed by atoms with Crippen LogP contribution in [-0.4, -0.2) is 39.7 Å². The molecule has 0 saturated carbocycles. The summed E-state index contributed by atoms with van der Waals surface area (Å²) in [5.74, 6) is -0.865. The third kappa shape index (κ3) is 4.20. The molecule has 0 fully saturated rings. The molecule has 2 N–H and O–H groups in total. The van der Waals surface area contributed by atoms with E-state index in [9.17, 15) is 14.7 Å². The van der Waals surface area contributed by atoms with E-state index in [1.165, 1.54) is 0 Å². The molecule has 0 aliphatic rings. The van der Waals surface area contributed by atoms with E-state index in [0.717, 1.165) is 11.4 Å². The van der Waals surface area contributed by atoms with E-state index in [0.29, 0.717) is 23.4 Å². The Labute approximate surface area is 163 Å². The predicted molar refractivity (Wildman–Crippen MR) is 103 cm³/mol. The highest BCUT2D eigenvalue weighted by atomic mass is 16.3. The van der Waals surface area contributed by atoms with Crippen LogP contribution in [0.15, 0.2) is 53.1 Å². The maximum Gasteiger partial charge on any atom is 0.292 e. The molecular formula is C21H23N3O4. The zero-order chi connectivity index (χ0) is 20.1. The Kier molecular flexibility index (Phi) is 6.06. The number of benzene rings is 1. The van der Waals surface area contributed by atoms with Crippen molar-refractivity contribution in [3.63, 3.8) is 0 Å². The Hall–Kier alpha value is -3.19. The van der Waals surface area contributed by atoms with Crippen molar-refractivity contribution in [3.8, 4) is 5.69 Å². The Morgan fingerprint density at radius 3 is 2.57 bits per heavy atom. The van der Waals surface area contributed by atoms with Crippen LogP contribution in [0.2, 0.25) is 0 Å². The van der Waals surface area contributed by atoms with Crippen LogP contribution < -0.4 is 5.32 Å². The zero-order valence-corrected chi connectivity index (χ0v) is 15.9. The molecule has 1 amide bonds. The van der Waals surface area contributed by atoms with Gasteiger partial charge in [0.1, 0.15) is 5.76 Å². The molecule has 7 heteroatoms. The average molecular weight is 381 g/mol. The van der Waals surface area contributed by atoms with Gasteiger partial charge in [0.2, 0.25) is 0 Å². The van der Waals surface area contributed by atoms with Crippen molar-refractivity contribution in [3.05, 3.63) is 71.4 Å². The lowest BCUT2D eigenvalue weighted by molar-refractivity contribution is -0.117. The summed E-state index contributed by atoms with van der Waals surface area (Å²) in [7, 11) is 0. The number of hydrogen-bond donors (Lipinski definition) is 2. The van der Waals surface area contributed by atoms with Gasteiger partial charge in [0.05, 0.1) is 28.9 Å². The third-order valence-electron chi connectivity index (χ3n) is 4.60. The van der Waals surface area contributed by atoms with Gasteiger partial charge < -0.3 is 14.8 Å². The molecule has 146 valence electrons.